The van der Waals surface area contributed by atoms with Crippen molar-refractivity contribution in [1.82, 2.24) is 4.57 Å². The zero-order chi connectivity index (χ0) is 10.7. The van der Waals surface area contributed by atoms with Crippen molar-refractivity contribution in [3.05, 3.63) is 38.7 Å². The average molecular weight is 233 g/mol. The molecule has 0 aromatic carbocycles. The van der Waals surface area contributed by atoms with Crippen LogP contribution in [0.5, 0.6) is 0 Å². The Morgan fingerprint density at radius 3 is 2.79 bits per heavy atom. The predicted octanol–water partition coefficient (Wildman–Crippen LogP) is 2.06. The Kier molecular flexibility index (Phi) is 3.61. The van der Waals surface area contributed by atoms with E-state index in [2.05, 4.69) is 0 Å². The summed E-state index contributed by atoms with van der Waals surface area (Å²) in [6, 6.07) is 3.00. The highest BCUT2D eigenvalue weighted by molar-refractivity contribution is 6.55. The van der Waals surface area contributed by atoms with Gasteiger partial charge < -0.3 is 10.3 Å². The molecule has 1 aromatic heterocycles. The third-order valence-electron chi connectivity index (χ3n) is 1.92. The number of aromatic nitrogens is 1. The highest BCUT2D eigenvalue weighted by Gasteiger charge is 2.01. The number of hydrogen-bond donors (Lipinski definition) is 1. The summed E-state index contributed by atoms with van der Waals surface area (Å²) in [5.41, 5.74) is 6.81. The maximum absolute atomic E-state index is 11.4. The third kappa shape index (κ3) is 2.53. The van der Waals surface area contributed by atoms with Crippen LogP contribution in [0.15, 0.2) is 27.5 Å². The molecule has 14 heavy (non-hydrogen) atoms. The largest absolute Gasteiger partial charge is 0.397 e. The first-order chi connectivity index (χ1) is 6.52. The minimum absolute atomic E-state index is 0.123. The van der Waals surface area contributed by atoms with Gasteiger partial charge in [0.1, 0.15) is 4.49 Å². The molecule has 0 saturated heterocycles. The summed E-state index contributed by atoms with van der Waals surface area (Å²) in [6.07, 6.45) is 1.54. The maximum Gasteiger partial charge on any atom is 0.251 e. The second-order valence-corrected chi connectivity index (χ2v) is 3.82. The van der Waals surface area contributed by atoms with E-state index in [1.807, 2.05) is 0 Å². The molecular formula is C9H10Cl2N2O. The van der Waals surface area contributed by atoms with E-state index >= 15 is 0 Å². The zero-order valence-electron chi connectivity index (χ0n) is 7.63. The second-order valence-electron chi connectivity index (χ2n) is 2.82. The van der Waals surface area contributed by atoms with E-state index in [1.54, 1.807) is 13.0 Å². The second kappa shape index (κ2) is 4.53. The van der Waals surface area contributed by atoms with E-state index < -0.39 is 0 Å². The van der Waals surface area contributed by atoms with Gasteiger partial charge in [-0.25, -0.2) is 0 Å². The number of pyridine rings is 1. The summed E-state index contributed by atoms with van der Waals surface area (Å²) < 4.78 is 1.64. The van der Waals surface area contributed by atoms with E-state index in [9.17, 15) is 4.79 Å². The number of allylic oxidation sites excluding steroid dienone is 1. The van der Waals surface area contributed by atoms with Crippen LogP contribution >= 0.6 is 23.2 Å². The first-order valence-corrected chi connectivity index (χ1v) is 4.75. The van der Waals surface area contributed by atoms with Gasteiger partial charge in [-0.1, -0.05) is 23.2 Å². The van der Waals surface area contributed by atoms with Crippen molar-refractivity contribution < 1.29 is 0 Å². The molecule has 0 aliphatic rings. The van der Waals surface area contributed by atoms with E-state index in [1.165, 1.54) is 16.7 Å². The molecule has 0 unspecified atom stereocenters. The van der Waals surface area contributed by atoms with E-state index in [-0.39, 0.29) is 10.1 Å². The van der Waals surface area contributed by atoms with Gasteiger partial charge in [-0.05, 0) is 19.1 Å². The predicted molar refractivity (Wildman–Crippen MR) is 59.6 cm³/mol. The number of nitrogen functional groups attached to an aromatic ring is 1. The molecular weight excluding hydrogens is 223 g/mol. The molecule has 0 aliphatic heterocycles. The Balaban J connectivity index is 3.14. The monoisotopic (exact) mass is 232 g/mol. The fourth-order valence-electron chi connectivity index (χ4n) is 1.08. The van der Waals surface area contributed by atoms with Gasteiger partial charge in [-0.15, -0.1) is 0 Å². The zero-order valence-corrected chi connectivity index (χ0v) is 9.14. The van der Waals surface area contributed by atoms with Crippen LogP contribution in [0.1, 0.15) is 5.69 Å². The minimum atomic E-state index is -0.123. The van der Waals surface area contributed by atoms with Gasteiger partial charge in [0.2, 0.25) is 0 Å². The molecule has 1 aromatic rings. The van der Waals surface area contributed by atoms with Gasteiger partial charge in [-0.2, -0.15) is 0 Å². The molecule has 5 heteroatoms. The van der Waals surface area contributed by atoms with Crippen molar-refractivity contribution in [3.8, 4) is 0 Å². The number of nitrogens with zero attached hydrogens (tertiary/aromatic N) is 1. The molecule has 76 valence electrons. The fraction of sp³-hybridized carbons (Fsp3) is 0.222. The van der Waals surface area contributed by atoms with Crippen molar-refractivity contribution in [2.45, 2.75) is 13.5 Å². The number of hydrogen-bond acceptors (Lipinski definition) is 2. The lowest BCUT2D eigenvalue weighted by Gasteiger charge is -2.08. The molecule has 1 heterocycles. The molecule has 0 fully saturated rings. The van der Waals surface area contributed by atoms with Crippen LogP contribution in [-0.2, 0) is 6.54 Å². The first kappa shape index (κ1) is 11.1. The molecule has 0 saturated carbocycles. The lowest BCUT2D eigenvalue weighted by Crippen LogP contribution is -2.21. The Labute approximate surface area is 91.7 Å². The molecule has 0 radical (unpaired) electrons. The van der Waals surface area contributed by atoms with E-state index in [0.717, 1.165) is 0 Å². The lowest BCUT2D eigenvalue weighted by molar-refractivity contribution is 0.750. The number of halogens is 2. The van der Waals surface area contributed by atoms with Gasteiger partial charge in [-0.3, -0.25) is 4.79 Å². The smallest absolute Gasteiger partial charge is 0.251 e. The standard InChI is InChI=1S/C9H10Cl2N2O/c1-6-7(12)2-3-9(14)13(6)5-4-8(10)11/h2-4H,5,12H2,1H3. The quantitative estimate of drug-likeness (QED) is 0.849. The van der Waals surface area contributed by atoms with E-state index in [4.69, 9.17) is 28.9 Å². The highest BCUT2D eigenvalue weighted by atomic mass is 35.5. The maximum atomic E-state index is 11.4. The van der Waals surface area contributed by atoms with Crippen LogP contribution in [0.25, 0.3) is 0 Å². The summed E-state index contributed by atoms with van der Waals surface area (Å²) in [5.74, 6) is 0. The summed E-state index contributed by atoms with van der Waals surface area (Å²) in [4.78, 5) is 11.4. The fourth-order valence-corrected chi connectivity index (χ4v) is 1.22. The minimum Gasteiger partial charge on any atom is -0.397 e. The van der Waals surface area contributed by atoms with Crippen molar-refractivity contribution >= 4 is 28.9 Å². The highest BCUT2D eigenvalue weighted by Crippen LogP contribution is 2.09. The van der Waals surface area contributed by atoms with Crippen molar-refractivity contribution in [2.75, 3.05) is 5.73 Å². The normalized spacial score (nSPS) is 9.93. The molecule has 0 amide bonds. The van der Waals surface area contributed by atoms with Gasteiger partial charge in [0, 0.05) is 18.3 Å². The summed E-state index contributed by atoms with van der Waals surface area (Å²) in [7, 11) is 0. The Bertz CT molecular complexity index is 419. The van der Waals surface area contributed by atoms with Gasteiger partial charge in [0.25, 0.3) is 5.56 Å². The van der Waals surface area contributed by atoms with Gasteiger partial charge >= 0.3 is 0 Å². The van der Waals surface area contributed by atoms with Crippen molar-refractivity contribution in [1.29, 1.82) is 0 Å². The molecule has 0 spiro atoms. The summed E-state index contributed by atoms with van der Waals surface area (Å²) >= 11 is 10.9. The SMILES string of the molecule is Cc1c(N)ccc(=O)n1CC=C(Cl)Cl. The number of rotatable bonds is 2. The van der Waals surface area contributed by atoms with Crippen LogP contribution in [-0.4, -0.2) is 4.57 Å². The molecule has 0 bridgehead atoms. The topological polar surface area (TPSA) is 48.0 Å². The van der Waals surface area contributed by atoms with Gasteiger partial charge in [0.15, 0.2) is 0 Å². The first-order valence-electron chi connectivity index (χ1n) is 3.99. The van der Waals surface area contributed by atoms with Gasteiger partial charge in [0.05, 0.1) is 5.69 Å². The summed E-state index contributed by atoms with van der Waals surface area (Å²) in [6.45, 7) is 2.10. The van der Waals surface area contributed by atoms with Crippen LogP contribution in [0.2, 0.25) is 0 Å². The Morgan fingerprint density at radius 2 is 2.21 bits per heavy atom. The van der Waals surface area contributed by atoms with Crippen molar-refractivity contribution in [3.63, 3.8) is 0 Å². The van der Waals surface area contributed by atoms with E-state index in [0.29, 0.717) is 17.9 Å². The molecule has 0 atom stereocenters. The Hall–Kier alpha value is -0.930. The average Bonchev–Trinajstić information content (AvgIpc) is 2.11. The van der Waals surface area contributed by atoms with Crippen LogP contribution in [0, 0.1) is 6.92 Å². The van der Waals surface area contributed by atoms with Crippen molar-refractivity contribution in [2.24, 2.45) is 0 Å². The molecule has 0 aliphatic carbocycles. The Morgan fingerprint density at radius 1 is 1.57 bits per heavy atom. The van der Waals surface area contributed by atoms with Crippen LogP contribution in [0.4, 0.5) is 5.69 Å². The molecule has 3 nitrogen and oxygen atoms in total. The lowest BCUT2D eigenvalue weighted by atomic mass is 10.3. The molecule has 2 N–H and O–H groups in total. The third-order valence-corrected chi connectivity index (χ3v) is 2.23. The number of nitrogens with two attached hydrogens (primary N) is 1. The summed E-state index contributed by atoms with van der Waals surface area (Å²) in [5, 5.41) is 0. The van der Waals surface area contributed by atoms with Crippen LogP contribution < -0.4 is 11.3 Å². The number of anilines is 1. The van der Waals surface area contributed by atoms with Crippen LogP contribution in [0.3, 0.4) is 0 Å². The molecule has 1 rings (SSSR count).